The highest BCUT2D eigenvalue weighted by molar-refractivity contribution is 8.00. The number of phosphoric acid groups is 1. The standard InChI is InChI=1S/C19H25N6O10PS/c20-10(19(29)30)6-37-7-12(26)22-3-1-2-9-4-25(17-13(9)16(21)23-8-24-17)18-15(28)14(27)11(35-18)5-34-36(31,32)33/h4,8,10-11,14-15,18,27-28H,3,5-7,20H2,(H,22,26)(H,29,30)(H2,21,23,24)(H2,31,32,33)/t10-,11-,14-,15-,18-/m1/s1. The van der Waals surface area contributed by atoms with E-state index in [1.807, 2.05) is 0 Å². The van der Waals surface area contributed by atoms with Crippen LogP contribution < -0.4 is 16.8 Å². The second kappa shape index (κ2) is 12.2. The minimum atomic E-state index is -4.83. The number of aromatic nitrogens is 3. The van der Waals surface area contributed by atoms with Crippen LogP contribution in [0.1, 0.15) is 11.8 Å². The third-order valence-corrected chi connectivity index (χ3v) is 6.65. The lowest BCUT2D eigenvalue weighted by Gasteiger charge is -2.17. The fourth-order valence-electron chi connectivity index (χ4n) is 3.35. The van der Waals surface area contributed by atoms with Crippen LogP contribution in [0, 0.1) is 11.8 Å². The van der Waals surface area contributed by atoms with Crippen molar-refractivity contribution in [1.29, 1.82) is 0 Å². The molecule has 2 aromatic rings. The van der Waals surface area contributed by atoms with Crippen molar-refractivity contribution in [3.05, 3.63) is 18.1 Å². The van der Waals surface area contributed by atoms with Crippen LogP contribution >= 0.6 is 19.6 Å². The normalized spacial score (nSPS) is 22.4. The summed E-state index contributed by atoms with van der Waals surface area (Å²) in [6.07, 6.45) is -2.89. The van der Waals surface area contributed by atoms with Crippen molar-refractivity contribution < 1.29 is 48.5 Å². The predicted molar refractivity (Wildman–Crippen MR) is 129 cm³/mol. The van der Waals surface area contributed by atoms with Gasteiger partial charge in [-0.15, -0.1) is 11.8 Å². The van der Waals surface area contributed by atoms with Crippen molar-refractivity contribution in [2.75, 3.05) is 30.4 Å². The molecule has 1 aliphatic rings. The Bertz CT molecular complexity index is 1260. The molecule has 3 heterocycles. The molecule has 5 atom stereocenters. The second-order valence-corrected chi connectivity index (χ2v) is 10.0. The Morgan fingerprint density at radius 1 is 1.32 bits per heavy atom. The van der Waals surface area contributed by atoms with E-state index < -0.39 is 51.0 Å². The molecule has 1 saturated heterocycles. The molecule has 0 aromatic carbocycles. The number of carbonyl (C=O) groups is 2. The summed E-state index contributed by atoms with van der Waals surface area (Å²) in [4.78, 5) is 48.5. The zero-order chi connectivity index (χ0) is 27.3. The average molecular weight is 560 g/mol. The van der Waals surface area contributed by atoms with E-state index in [1.165, 1.54) is 17.1 Å². The van der Waals surface area contributed by atoms with E-state index >= 15 is 0 Å². The molecule has 0 bridgehead atoms. The molecular weight excluding hydrogens is 535 g/mol. The first-order valence-electron chi connectivity index (χ1n) is 10.5. The molecule has 0 radical (unpaired) electrons. The van der Waals surface area contributed by atoms with Crippen LogP contribution in [-0.2, 0) is 23.4 Å². The summed E-state index contributed by atoms with van der Waals surface area (Å²) in [5.41, 5.74) is 11.9. The van der Waals surface area contributed by atoms with Crippen LogP contribution in [0.2, 0.25) is 0 Å². The lowest BCUT2D eigenvalue weighted by molar-refractivity contribution is -0.138. The van der Waals surface area contributed by atoms with Gasteiger partial charge >= 0.3 is 13.8 Å². The van der Waals surface area contributed by atoms with Crippen molar-refractivity contribution in [3.8, 4) is 11.8 Å². The number of carboxylic acid groups (broad SMARTS) is 1. The smallest absolute Gasteiger partial charge is 0.469 e. The molecule has 2 aromatic heterocycles. The molecule has 10 N–H and O–H groups in total. The van der Waals surface area contributed by atoms with E-state index in [9.17, 15) is 24.4 Å². The van der Waals surface area contributed by atoms with Gasteiger partial charge in [-0.1, -0.05) is 11.8 Å². The Balaban J connectivity index is 1.72. The van der Waals surface area contributed by atoms with Crippen LogP contribution in [0.25, 0.3) is 11.0 Å². The van der Waals surface area contributed by atoms with Crippen molar-refractivity contribution >= 4 is 48.3 Å². The Kier molecular flexibility index (Phi) is 9.47. The highest BCUT2D eigenvalue weighted by Gasteiger charge is 2.45. The molecule has 16 nitrogen and oxygen atoms in total. The number of carboxylic acids is 1. The summed E-state index contributed by atoms with van der Waals surface area (Å²) in [6, 6.07) is -1.07. The van der Waals surface area contributed by atoms with Crippen LogP contribution in [0.3, 0.4) is 0 Å². The van der Waals surface area contributed by atoms with Crippen LogP contribution in [0.15, 0.2) is 12.5 Å². The van der Waals surface area contributed by atoms with E-state index in [1.54, 1.807) is 0 Å². The summed E-state index contributed by atoms with van der Waals surface area (Å²) >= 11 is 1.07. The number of nitrogen functional groups attached to an aromatic ring is 1. The van der Waals surface area contributed by atoms with Gasteiger partial charge in [-0.2, -0.15) is 0 Å². The monoisotopic (exact) mass is 560 g/mol. The highest BCUT2D eigenvalue weighted by atomic mass is 32.2. The SMILES string of the molecule is Nc1ncnc2c1c(C#CCNC(=O)CSC[C@@H](N)C(=O)O)cn2[C@@H]1O[C@H](COP(=O)(O)O)[C@@H](O)[C@H]1O. The number of phosphoric ester groups is 1. The maximum absolute atomic E-state index is 11.9. The molecule has 3 rings (SSSR count). The average Bonchev–Trinajstić information content (AvgIpc) is 3.33. The number of aliphatic carboxylic acids is 1. The lowest BCUT2D eigenvalue weighted by atomic mass is 10.1. The van der Waals surface area contributed by atoms with Crippen LogP contribution in [0.5, 0.6) is 0 Å². The number of rotatable bonds is 10. The maximum atomic E-state index is 11.9. The van der Waals surface area contributed by atoms with Crippen molar-refractivity contribution in [1.82, 2.24) is 19.9 Å². The third-order valence-electron chi connectivity index (χ3n) is 5.10. The van der Waals surface area contributed by atoms with Crippen LogP contribution in [-0.4, -0.2) is 101 Å². The molecule has 0 aliphatic carbocycles. The molecule has 0 spiro atoms. The van der Waals surface area contributed by atoms with Gasteiger partial charge in [0, 0.05) is 11.9 Å². The minimum absolute atomic E-state index is 0.00507. The van der Waals surface area contributed by atoms with Gasteiger partial charge in [-0.3, -0.25) is 14.1 Å². The molecule has 37 heavy (non-hydrogen) atoms. The van der Waals surface area contributed by atoms with Gasteiger partial charge in [0.05, 0.1) is 29.9 Å². The van der Waals surface area contributed by atoms with Gasteiger partial charge in [-0.05, 0) is 0 Å². The number of thioether (sulfide) groups is 1. The van der Waals surface area contributed by atoms with E-state index in [0.717, 1.165) is 11.8 Å². The van der Waals surface area contributed by atoms with Crippen LogP contribution in [0.4, 0.5) is 5.82 Å². The number of amides is 1. The lowest BCUT2D eigenvalue weighted by Crippen LogP contribution is -2.33. The Labute approximate surface area is 213 Å². The molecule has 1 amide bonds. The van der Waals surface area contributed by atoms with Gasteiger partial charge in [0.25, 0.3) is 0 Å². The summed E-state index contributed by atoms with van der Waals surface area (Å²) < 4.78 is 22.3. The number of hydrogen-bond donors (Lipinski definition) is 8. The summed E-state index contributed by atoms with van der Waals surface area (Å²) in [6.45, 7) is -0.726. The van der Waals surface area contributed by atoms with Crippen molar-refractivity contribution in [3.63, 3.8) is 0 Å². The number of fused-ring (bicyclic) bond motifs is 1. The number of aliphatic hydroxyl groups excluding tert-OH is 2. The second-order valence-electron chi connectivity index (χ2n) is 7.78. The number of anilines is 1. The fraction of sp³-hybridized carbons (Fsp3) is 0.474. The summed E-state index contributed by atoms with van der Waals surface area (Å²) in [7, 11) is -4.83. The Morgan fingerprint density at radius 3 is 2.73 bits per heavy atom. The molecule has 0 unspecified atom stereocenters. The van der Waals surface area contributed by atoms with Gasteiger partial charge in [-0.25, -0.2) is 14.5 Å². The fourth-order valence-corrected chi connectivity index (χ4v) is 4.49. The number of nitrogens with one attached hydrogen (secondary N) is 1. The van der Waals surface area contributed by atoms with Crippen molar-refractivity contribution in [2.24, 2.45) is 5.73 Å². The van der Waals surface area contributed by atoms with Gasteiger partial charge in [0.1, 0.15) is 42.1 Å². The number of aliphatic hydroxyl groups is 2. The Hall–Kier alpha value is -2.78. The predicted octanol–water partition coefficient (Wildman–Crippen LogP) is -2.65. The van der Waals surface area contributed by atoms with Crippen molar-refractivity contribution in [2.45, 2.75) is 30.6 Å². The summed E-state index contributed by atoms with van der Waals surface area (Å²) in [5, 5.41) is 32.4. The quantitative estimate of drug-likeness (QED) is 0.109. The number of hydrogen-bond acceptors (Lipinski definition) is 12. The van der Waals surface area contributed by atoms with Gasteiger partial charge in [0.2, 0.25) is 5.91 Å². The molecule has 1 aliphatic heterocycles. The number of nitrogens with two attached hydrogens (primary N) is 2. The van der Waals surface area contributed by atoms with E-state index in [0.29, 0.717) is 10.9 Å². The topological polar surface area (TPSA) is 266 Å². The number of ether oxygens (including phenoxy) is 1. The molecular formula is C19H25N6O10PS. The third kappa shape index (κ3) is 7.38. The maximum Gasteiger partial charge on any atom is 0.469 e. The number of carbonyl (C=O) groups excluding carboxylic acids is 1. The van der Waals surface area contributed by atoms with Gasteiger partial charge in [0.15, 0.2) is 6.23 Å². The molecule has 0 saturated carbocycles. The molecule has 1 fully saturated rings. The Morgan fingerprint density at radius 2 is 2.05 bits per heavy atom. The summed E-state index contributed by atoms with van der Waals surface area (Å²) in [5.74, 6) is 4.17. The van der Waals surface area contributed by atoms with E-state index in [-0.39, 0.29) is 35.4 Å². The molecule has 18 heteroatoms. The largest absolute Gasteiger partial charge is 0.480 e. The zero-order valence-corrected chi connectivity index (χ0v) is 20.7. The first-order chi connectivity index (χ1) is 17.4. The number of nitrogens with zero attached hydrogens (tertiary/aromatic N) is 3. The van der Waals surface area contributed by atoms with Gasteiger partial charge < -0.3 is 51.2 Å². The van der Waals surface area contributed by atoms with E-state index in [4.69, 9.17) is 31.1 Å². The highest BCUT2D eigenvalue weighted by Crippen LogP contribution is 2.39. The minimum Gasteiger partial charge on any atom is -0.480 e. The first kappa shape index (κ1) is 28.8. The van der Waals surface area contributed by atoms with E-state index in [2.05, 4.69) is 31.6 Å². The molecule has 202 valence electrons. The zero-order valence-electron chi connectivity index (χ0n) is 19.0. The first-order valence-corrected chi connectivity index (χ1v) is 13.2.